The molecule has 2 heteroatoms. The Hall–Kier alpha value is -7.42. The summed E-state index contributed by atoms with van der Waals surface area (Å²) in [6.07, 6.45) is 0. The van der Waals surface area contributed by atoms with Crippen LogP contribution in [0.25, 0.3) is 82.1 Å². The monoisotopic (exact) mass is 712 g/mol. The molecule has 11 aromatic rings. The molecule has 0 N–H and O–H groups in total. The maximum atomic E-state index is 2.49. The van der Waals surface area contributed by atoms with E-state index in [9.17, 15) is 0 Å². The van der Waals surface area contributed by atoms with Crippen molar-refractivity contribution in [2.45, 2.75) is 0 Å². The lowest BCUT2D eigenvalue weighted by Gasteiger charge is -2.28. The third-order valence-electron chi connectivity index (χ3n) is 11.4. The van der Waals surface area contributed by atoms with Crippen molar-refractivity contribution >= 4 is 71.2 Å². The minimum atomic E-state index is 1.09. The number of benzene rings is 10. The zero-order valence-corrected chi connectivity index (χ0v) is 30.7. The summed E-state index contributed by atoms with van der Waals surface area (Å²) in [4.78, 5) is 2.42. The smallest absolute Gasteiger partial charge is 0.0567 e. The number of anilines is 3. The van der Waals surface area contributed by atoms with Crippen LogP contribution in [0.15, 0.2) is 218 Å². The molecule has 0 aliphatic carbocycles. The second-order valence-corrected chi connectivity index (χ2v) is 14.5. The number of hydrogen-bond acceptors (Lipinski definition) is 1. The molecule has 0 aliphatic rings. The Labute approximate surface area is 325 Å². The fourth-order valence-corrected chi connectivity index (χ4v) is 8.80. The standard InChI is InChI=1S/C54H36N2/c1-3-15-37(16-4-1)39-27-31-41(32-28-39)55(42-33-29-40(30-34-42)38-17-5-2-6-18-38)43-35-50-46-21-8-7-19-44(46)45-20-9-10-24-49(45)54(50)53(36-43)56-51-25-13-11-22-47(51)48-23-12-14-26-52(48)56/h1-36H. The van der Waals surface area contributed by atoms with E-state index in [1.54, 1.807) is 0 Å². The molecule has 0 radical (unpaired) electrons. The molecule has 262 valence electrons. The maximum absolute atomic E-state index is 2.49. The van der Waals surface area contributed by atoms with Crippen LogP contribution < -0.4 is 4.90 Å². The third kappa shape index (κ3) is 5.19. The van der Waals surface area contributed by atoms with Crippen LogP contribution in [0.2, 0.25) is 0 Å². The lowest BCUT2D eigenvalue weighted by atomic mass is 9.92. The second-order valence-electron chi connectivity index (χ2n) is 14.5. The van der Waals surface area contributed by atoms with Crippen molar-refractivity contribution in [2.75, 3.05) is 4.90 Å². The topological polar surface area (TPSA) is 8.17 Å². The van der Waals surface area contributed by atoms with Crippen LogP contribution in [0.1, 0.15) is 0 Å². The molecule has 56 heavy (non-hydrogen) atoms. The van der Waals surface area contributed by atoms with Gasteiger partial charge in [0.2, 0.25) is 0 Å². The summed E-state index contributed by atoms with van der Waals surface area (Å²) in [6, 6.07) is 79.5. The Bertz CT molecular complexity index is 3080. The van der Waals surface area contributed by atoms with E-state index in [2.05, 4.69) is 228 Å². The number of rotatable bonds is 6. The molecule has 1 heterocycles. The first-order chi connectivity index (χ1) is 27.8. The van der Waals surface area contributed by atoms with Crippen molar-refractivity contribution in [3.05, 3.63) is 218 Å². The van der Waals surface area contributed by atoms with Crippen molar-refractivity contribution in [3.63, 3.8) is 0 Å². The molecule has 1 aromatic heterocycles. The van der Waals surface area contributed by atoms with Crippen molar-refractivity contribution in [2.24, 2.45) is 0 Å². The van der Waals surface area contributed by atoms with E-state index in [1.165, 1.54) is 76.4 Å². The van der Waals surface area contributed by atoms with Gasteiger partial charge in [-0.05, 0) is 97.7 Å². The first-order valence-electron chi connectivity index (χ1n) is 19.3. The van der Waals surface area contributed by atoms with Gasteiger partial charge in [-0.15, -0.1) is 0 Å². The Morgan fingerprint density at radius 3 is 1.14 bits per heavy atom. The molecule has 0 bridgehead atoms. The molecule has 0 fully saturated rings. The molecular weight excluding hydrogens is 677 g/mol. The first kappa shape index (κ1) is 32.0. The number of para-hydroxylation sites is 2. The molecule has 0 saturated carbocycles. The SMILES string of the molecule is c1ccc(-c2ccc(N(c3ccc(-c4ccccc4)cc3)c3cc(-n4c5ccccc5c5ccccc54)c4c5ccccc5c5ccccc5c4c3)cc2)cc1. The van der Waals surface area contributed by atoms with E-state index in [0.29, 0.717) is 0 Å². The third-order valence-corrected chi connectivity index (χ3v) is 11.4. The predicted octanol–water partition coefficient (Wildman–Crippen LogP) is 15.0. The molecule has 0 atom stereocenters. The van der Waals surface area contributed by atoms with Gasteiger partial charge in [0, 0.05) is 33.2 Å². The summed E-state index contributed by atoms with van der Waals surface area (Å²) in [7, 11) is 0. The summed E-state index contributed by atoms with van der Waals surface area (Å²) in [5, 5.41) is 9.96. The summed E-state index contributed by atoms with van der Waals surface area (Å²) >= 11 is 0. The zero-order valence-electron chi connectivity index (χ0n) is 30.7. The average molecular weight is 713 g/mol. The number of aromatic nitrogens is 1. The number of nitrogens with zero attached hydrogens (tertiary/aromatic N) is 2. The molecule has 0 amide bonds. The quantitative estimate of drug-likeness (QED) is 0.156. The molecule has 0 spiro atoms. The lowest BCUT2D eigenvalue weighted by Crippen LogP contribution is -2.11. The number of fused-ring (bicyclic) bond motifs is 9. The highest BCUT2D eigenvalue weighted by Gasteiger charge is 2.22. The summed E-state index contributed by atoms with van der Waals surface area (Å²) < 4.78 is 2.49. The lowest BCUT2D eigenvalue weighted by molar-refractivity contribution is 1.19. The van der Waals surface area contributed by atoms with Crippen molar-refractivity contribution in [1.82, 2.24) is 4.57 Å². The van der Waals surface area contributed by atoms with E-state index in [4.69, 9.17) is 0 Å². The zero-order chi connectivity index (χ0) is 37.0. The van der Waals surface area contributed by atoms with Crippen LogP contribution in [-0.2, 0) is 0 Å². The van der Waals surface area contributed by atoms with E-state index in [-0.39, 0.29) is 0 Å². The van der Waals surface area contributed by atoms with Crippen LogP contribution in [0.4, 0.5) is 17.1 Å². The van der Waals surface area contributed by atoms with Crippen LogP contribution in [0.3, 0.4) is 0 Å². The molecule has 10 aromatic carbocycles. The van der Waals surface area contributed by atoms with Gasteiger partial charge in [0.1, 0.15) is 0 Å². The van der Waals surface area contributed by atoms with Crippen molar-refractivity contribution in [3.8, 4) is 27.9 Å². The van der Waals surface area contributed by atoms with E-state index < -0.39 is 0 Å². The second kappa shape index (κ2) is 13.2. The van der Waals surface area contributed by atoms with Gasteiger partial charge in [-0.2, -0.15) is 0 Å². The normalized spacial score (nSPS) is 11.6. The van der Waals surface area contributed by atoms with Crippen LogP contribution in [0.5, 0.6) is 0 Å². The molecule has 0 aliphatic heterocycles. The summed E-state index contributed by atoms with van der Waals surface area (Å²) in [5.41, 5.74) is 11.6. The first-order valence-corrected chi connectivity index (χ1v) is 19.3. The average Bonchev–Trinajstić information content (AvgIpc) is 3.62. The Balaban J connectivity index is 1.24. The minimum absolute atomic E-state index is 1.09. The van der Waals surface area contributed by atoms with E-state index in [0.717, 1.165) is 22.7 Å². The molecule has 0 saturated heterocycles. The molecule has 11 rings (SSSR count). The Morgan fingerprint density at radius 2 is 0.643 bits per heavy atom. The Kier molecular flexibility index (Phi) is 7.53. The van der Waals surface area contributed by atoms with Crippen LogP contribution >= 0.6 is 0 Å². The van der Waals surface area contributed by atoms with Gasteiger partial charge in [0.25, 0.3) is 0 Å². The van der Waals surface area contributed by atoms with Gasteiger partial charge in [0.15, 0.2) is 0 Å². The summed E-state index contributed by atoms with van der Waals surface area (Å²) in [5.74, 6) is 0. The highest BCUT2D eigenvalue weighted by atomic mass is 15.1. The van der Waals surface area contributed by atoms with Gasteiger partial charge in [0.05, 0.1) is 16.7 Å². The van der Waals surface area contributed by atoms with Crippen molar-refractivity contribution in [1.29, 1.82) is 0 Å². The summed E-state index contributed by atoms with van der Waals surface area (Å²) in [6.45, 7) is 0. The van der Waals surface area contributed by atoms with Gasteiger partial charge >= 0.3 is 0 Å². The number of hydrogen-bond donors (Lipinski definition) is 0. The van der Waals surface area contributed by atoms with Crippen LogP contribution in [-0.4, -0.2) is 4.57 Å². The molecule has 0 unspecified atom stereocenters. The van der Waals surface area contributed by atoms with E-state index in [1.807, 2.05) is 0 Å². The largest absolute Gasteiger partial charge is 0.310 e. The van der Waals surface area contributed by atoms with Gasteiger partial charge < -0.3 is 9.47 Å². The molecular formula is C54H36N2. The highest BCUT2D eigenvalue weighted by molar-refractivity contribution is 6.28. The molecule has 2 nitrogen and oxygen atoms in total. The highest BCUT2D eigenvalue weighted by Crippen LogP contribution is 2.46. The fraction of sp³-hybridized carbons (Fsp3) is 0. The predicted molar refractivity (Wildman–Crippen MR) is 239 cm³/mol. The van der Waals surface area contributed by atoms with Gasteiger partial charge in [-0.1, -0.05) is 170 Å². The van der Waals surface area contributed by atoms with Crippen molar-refractivity contribution < 1.29 is 0 Å². The fourth-order valence-electron chi connectivity index (χ4n) is 8.80. The van der Waals surface area contributed by atoms with Gasteiger partial charge in [-0.3, -0.25) is 0 Å². The van der Waals surface area contributed by atoms with Gasteiger partial charge in [-0.25, -0.2) is 0 Å². The maximum Gasteiger partial charge on any atom is 0.0567 e. The van der Waals surface area contributed by atoms with E-state index >= 15 is 0 Å². The Morgan fingerprint density at radius 1 is 0.268 bits per heavy atom. The van der Waals surface area contributed by atoms with Crippen LogP contribution in [0, 0.1) is 0 Å². The minimum Gasteiger partial charge on any atom is -0.310 e.